The van der Waals surface area contributed by atoms with E-state index in [-0.39, 0.29) is 30.5 Å². The van der Waals surface area contributed by atoms with Gasteiger partial charge in [0.1, 0.15) is 5.82 Å². The van der Waals surface area contributed by atoms with Crippen LogP contribution in [0.5, 0.6) is 0 Å². The Kier molecular flexibility index (Phi) is 9.72. The summed E-state index contributed by atoms with van der Waals surface area (Å²) in [7, 11) is 0. The first-order valence-corrected chi connectivity index (χ1v) is 15.6. The van der Waals surface area contributed by atoms with Crippen molar-refractivity contribution in [3.05, 3.63) is 70.3 Å². The van der Waals surface area contributed by atoms with E-state index in [1.807, 2.05) is 6.07 Å². The van der Waals surface area contributed by atoms with Crippen LogP contribution >= 0.6 is 0 Å². The topological polar surface area (TPSA) is 9.23 Å². The van der Waals surface area contributed by atoms with Crippen molar-refractivity contribution in [3.63, 3.8) is 0 Å². The van der Waals surface area contributed by atoms with Crippen molar-refractivity contribution in [2.24, 2.45) is 11.8 Å². The lowest BCUT2D eigenvalue weighted by molar-refractivity contribution is -0.300. The zero-order chi connectivity index (χ0) is 29.1. The molecular formula is C34H42F6O. The molecule has 5 rings (SSSR count). The Balaban J connectivity index is 1.10. The van der Waals surface area contributed by atoms with E-state index in [1.54, 1.807) is 6.07 Å². The van der Waals surface area contributed by atoms with Crippen LogP contribution in [-0.4, -0.2) is 12.2 Å². The van der Waals surface area contributed by atoms with Gasteiger partial charge in [-0.1, -0.05) is 31.9 Å². The van der Waals surface area contributed by atoms with E-state index in [1.165, 1.54) is 25.7 Å². The number of hydrogen-bond donors (Lipinski definition) is 0. The standard InChI is InChI=1S/C34H42F6O/c1-2-3-21-4-6-22(7-5-21)25-12-17-29(30(35)18-25)24-8-13-27(14-9-24)34(39,40)41-28-15-10-23(11-16-28)26-19-31(36)33(38)32(37)20-26/h12,17-24,27-28H,2-11,13-16H2,1H3. The van der Waals surface area contributed by atoms with Gasteiger partial charge in [0, 0.05) is 0 Å². The van der Waals surface area contributed by atoms with Gasteiger partial charge in [-0.2, -0.15) is 8.78 Å². The maximum absolute atomic E-state index is 15.2. The fraction of sp³-hybridized carbons (Fsp3) is 0.647. The summed E-state index contributed by atoms with van der Waals surface area (Å²) in [5, 5.41) is 0. The maximum atomic E-state index is 15.2. The van der Waals surface area contributed by atoms with E-state index in [0.717, 1.165) is 36.5 Å². The van der Waals surface area contributed by atoms with E-state index in [2.05, 4.69) is 13.0 Å². The molecule has 7 heteroatoms. The molecule has 0 atom stereocenters. The Hall–Kier alpha value is -2.02. The van der Waals surface area contributed by atoms with Crippen molar-refractivity contribution >= 4 is 0 Å². The van der Waals surface area contributed by atoms with Crippen LogP contribution in [0.3, 0.4) is 0 Å². The Morgan fingerprint density at radius 2 is 1.20 bits per heavy atom. The van der Waals surface area contributed by atoms with Crippen molar-refractivity contribution in [3.8, 4) is 0 Å². The van der Waals surface area contributed by atoms with E-state index < -0.39 is 35.6 Å². The van der Waals surface area contributed by atoms with Gasteiger partial charge in [-0.3, -0.25) is 0 Å². The molecule has 0 aliphatic heterocycles. The molecule has 3 aliphatic carbocycles. The fourth-order valence-corrected chi connectivity index (χ4v) is 7.70. The number of benzene rings is 2. The van der Waals surface area contributed by atoms with Gasteiger partial charge in [0.2, 0.25) is 0 Å². The summed E-state index contributed by atoms with van der Waals surface area (Å²) in [5.74, 6) is -4.18. The van der Waals surface area contributed by atoms with Crippen LogP contribution in [0.2, 0.25) is 0 Å². The molecule has 0 spiro atoms. The Labute approximate surface area is 240 Å². The summed E-state index contributed by atoms with van der Waals surface area (Å²) in [5.41, 5.74) is 2.06. The van der Waals surface area contributed by atoms with Crippen molar-refractivity contribution < 1.29 is 31.1 Å². The average Bonchev–Trinajstić information content (AvgIpc) is 2.96. The monoisotopic (exact) mass is 580 g/mol. The van der Waals surface area contributed by atoms with Crippen molar-refractivity contribution in [1.82, 2.24) is 0 Å². The highest BCUT2D eigenvalue weighted by molar-refractivity contribution is 5.30. The van der Waals surface area contributed by atoms with Gasteiger partial charge in [0.05, 0.1) is 12.0 Å². The molecule has 41 heavy (non-hydrogen) atoms. The van der Waals surface area contributed by atoms with Gasteiger partial charge < -0.3 is 4.74 Å². The van der Waals surface area contributed by atoms with Crippen LogP contribution < -0.4 is 0 Å². The first kappa shape index (κ1) is 30.4. The predicted octanol–water partition coefficient (Wildman–Crippen LogP) is 10.9. The number of hydrogen-bond acceptors (Lipinski definition) is 1. The van der Waals surface area contributed by atoms with E-state index in [9.17, 15) is 13.2 Å². The molecule has 3 saturated carbocycles. The summed E-state index contributed by atoms with van der Waals surface area (Å²) in [6, 6.07) is 7.62. The molecule has 0 amide bonds. The van der Waals surface area contributed by atoms with Gasteiger partial charge in [0.25, 0.3) is 0 Å². The van der Waals surface area contributed by atoms with Gasteiger partial charge in [0.15, 0.2) is 17.5 Å². The van der Waals surface area contributed by atoms with Crippen LogP contribution in [0, 0.1) is 35.1 Å². The summed E-state index contributed by atoms with van der Waals surface area (Å²) in [6.07, 6.45) is 6.27. The Morgan fingerprint density at radius 1 is 0.659 bits per heavy atom. The van der Waals surface area contributed by atoms with Crippen LogP contribution in [0.4, 0.5) is 26.3 Å². The third-order valence-corrected chi connectivity index (χ3v) is 10.2. The smallest absolute Gasteiger partial charge is 0.317 e. The fourth-order valence-electron chi connectivity index (χ4n) is 7.70. The molecule has 0 N–H and O–H groups in total. The van der Waals surface area contributed by atoms with Crippen LogP contribution in [0.1, 0.15) is 131 Å². The Morgan fingerprint density at radius 3 is 1.78 bits per heavy atom. The summed E-state index contributed by atoms with van der Waals surface area (Å²) in [6.45, 7) is 2.22. The molecule has 0 heterocycles. The largest absolute Gasteiger partial charge is 0.358 e. The lowest BCUT2D eigenvalue weighted by Gasteiger charge is -2.37. The highest BCUT2D eigenvalue weighted by atomic mass is 19.3. The average molecular weight is 581 g/mol. The SMILES string of the molecule is CCCC1CCC(c2ccc(C3CCC(C(F)(F)OC4CCC(c5cc(F)c(F)c(F)c5)CC4)CC3)c(F)c2)CC1. The molecule has 2 aromatic rings. The van der Waals surface area contributed by atoms with Crippen LogP contribution in [-0.2, 0) is 4.74 Å². The minimum atomic E-state index is -3.28. The lowest BCUT2D eigenvalue weighted by Crippen LogP contribution is -2.38. The highest BCUT2D eigenvalue weighted by Crippen LogP contribution is 2.46. The molecule has 0 aromatic heterocycles. The second-order valence-corrected chi connectivity index (χ2v) is 12.8. The van der Waals surface area contributed by atoms with Gasteiger partial charge >= 0.3 is 6.11 Å². The first-order valence-electron chi connectivity index (χ1n) is 15.6. The molecule has 3 fully saturated rings. The van der Waals surface area contributed by atoms with Crippen LogP contribution in [0.15, 0.2) is 30.3 Å². The van der Waals surface area contributed by atoms with Crippen molar-refractivity contribution in [2.75, 3.05) is 0 Å². The first-order chi connectivity index (χ1) is 19.6. The van der Waals surface area contributed by atoms with Crippen molar-refractivity contribution in [1.29, 1.82) is 0 Å². The third kappa shape index (κ3) is 7.14. The normalized spacial score (nSPS) is 29.4. The van der Waals surface area contributed by atoms with E-state index in [0.29, 0.717) is 55.6 Å². The molecule has 226 valence electrons. The predicted molar refractivity (Wildman–Crippen MR) is 148 cm³/mol. The van der Waals surface area contributed by atoms with E-state index >= 15 is 13.2 Å². The molecular weight excluding hydrogens is 538 g/mol. The molecule has 0 bridgehead atoms. The zero-order valence-electron chi connectivity index (χ0n) is 23.9. The van der Waals surface area contributed by atoms with Gasteiger partial charge in [-0.05, 0) is 136 Å². The van der Waals surface area contributed by atoms with Crippen molar-refractivity contribution in [2.45, 2.75) is 127 Å². The summed E-state index contributed by atoms with van der Waals surface area (Å²) in [4.78, 5) is 0. The number of ether oxygens (including phenoxy) is 1. The molecule has 3 aliphatic rings. The second kappa shape index (κ2) is 13.1. The number of halogens is 6. The molecule has 0 saturated heterocycles. The third-order valence-electron chi connectivity index (χ3n) is 10.2. The Bertz CT molecular complexity index is 1130. The molecule has 0 unspecified atom stereocenters. The lowest BCUT2D eigenvalue weighted by atomic mass is 9.75. The quantitative estimate of drug-likeness (QED) is 0.223. The van der Waals surface area contributed by atoms with Gasteiger partial charge in [-0.25, -0.2) is 17.6 Å². The summed E-state index contributed by atoms with van der Waals surface area (Å²) >= 11 is 0. The molecule has 2 aromatic carbocycles. The number of rotatable bonds is 8. The zero-order valence-corrected chi connectivity index (χ0v) is 23.9. The maximum Gasteiger partial charge on any atom is 0.358 e. The van der Waals surface area contributed by atoms with Gasteiger partial charge in [-0.15, -0.1) is 0 Å². The second-order valence-electron chi connectivity index (χ2n) is 12.8. The minimum absolute atomic E-state index is 0.0664. The highest BCUT2D eigenvalue weighted by Gasteiger charge is 2.45. The number of alkyl halides is 2. The minimum Gasteiger partial charge on any atom is -0.317 e. The van der Waals surface area contributed by atoms with Crippen LogP contribution in [0.25, 0.3) is 0 Å². The summed E-state index contributed by atoms with van der Waals surface area (Å²) < 4.78 is 91.4. The molecule has 0 radical (unpaired) electrons. The van der Waals surface area contributed by atoms with E-state index in [4.69, 9.17) is 4.74 Å². The molecule has 1 nitrogen and oxygen atoms in total.